The van der Waals surface area contributed by atoms with Crippen LogP contribution in [0.1, 0.15) is 135 Å². The Hall–Kier alpha value is -5.51. The van der Waals surface area contributed by atoms with E-state index in [1.807, 2.05) is 13.8 Å². The Balaban J connectivity index is 1.57. The number of nitrogens with two attached hydrogens (primary N) is 1. The quantitative estimate of drug-likeness (QED) is 0.0464. The number of aliphatic hydroxyl groups excluding tert-OH is 1. The SMILES string of the molecule is CC(C)C[C@H](NC(=O)[C@@H](NC(=O)CCCCCCCCCCCCCCC(=O)N[C@@H](CC(N)=O)C(=O)N[C@@H](Cc1ccccc1)C(=O)O)[C@H](C)O)C(=O)NCCc1ccc(O)cc1. The lowest BCUT2D eigenvalue weighted by Gasteiger charge is -2.25. The number of nitrogens with one attached hydrogen (secondary N) is 5. The maximum absolute atomic E-state index is 13.2. The summed E-state index contributed by atoms with van der Waals surface area (Å²) in [5, 5.41) is 42.6. The molecule has 2 aromatic rings. The first-order valence-corrected chi connectivity index (χ1v) is 22.5. The van der Waals surface area contributed by atoms with Gasteiger partial charge in [-0.2, -0.15) is 0 Å². The van der Waals surface area contributed by atoms with E-state index in [9.17, 15) is 48.9 Å². The van der Waals surface area contributed by atoms with E-state index in [4.69, 9.17) is 5.73 Å². The van der Waals surface area contributed by atoms with Crippen molar-refractivity contribution in [1.82, 2.24) is 26.6 Å². The van der Waals surface area contributed by atoms with Crippen LogP contribution in [0.3, 0.4) is 0 Å². The van der Waals surface area contributed by atoms with Crippen molar-refractivity contribution in [2.24, 2.45) is 11.7 Å². The van der Waals surface area contributed by atoms with Gasteiger partial charge < -0.3 is 47.6 Å². The molecular weight excluding hydrogens is 809 g/mol. The van der Waals surface area contributed by atoms with Gasteiger partial charge in [-0.1, -0.05) is 121 Å². The van der Waals surface area contributed by atoms with E-state index in [1.165, 1.54) is 6.92 Å². The van der Waals surface area contributed by atoms with E-state index < -0.39 is 66.3 Å². The molecule has 2 rings (SSSR count). The Labute approximate surface area is 372 Å². The highest BCUT2D eigenvalue weighted by Gasteiger charge is 2.31. The molecule has 16 heteroatoms. The summed E-state index contributed by atoms with van der Waals surface area (Å²) in [7, 11) is 0. The van der Waals surface area contributed by atoms with Gasteiger partial charge >= 0.3 is 5.97 Å². The summed E-state index contributed by atoms with van der Waals surface area (Å²) in [6.45, 7) is 5.64. The Morgan fingerprint density at radius 2 is 1.10 bits per heavy atom. The van der Waals surface area contributed by atoms with Gasteiger partial charge in [0.2, 0.25) is 35.4 Å². The summed E-state index contributed by atoms with van der Waals surface area (Å²) < 4.78 is 0. The number of carboxylic acid groups (broad SMARTS) is 1. The summed E-state index contributed by atoms with van der Waals surface area (Å²) in [4.78, 5) is 87.8. The van der Waals surface area contributed by atoms with E-state index >= 15 is 0 Å². The highest BCUT2D eigenvalue weighted by atomic mass is 16.4. The first-order chi connectivity index (χ1) is 30.0. The maximum atomic E-state index is 13.2. The van der Waals surface area contributed by atoms with Gasteiger partial charge in [0.1, 0.15) is 29.9 Å². The molecule has 6 amide bonds. The van der Waals surface area contributed by atoms with Gasteiger partial charge in [0.25, 0.3) is 0 Å². The molecule has 0 radical (unpaired) electrons. The zero-order valence-corrected chi connectivity index (χ0v) is 37.4. The van der Waals surface area contributed by atoms with E-state index in [2.05, 4.69) is 26.6 Å². The van der Waals surface area contributed by atoms with Crippen molar-refractivity contribution in [3.63, 3.8) is 0 Å². The van der Waals surface area contributed by atoms with Gasteiger partial charge in [0.15, 0.2) is 0 Å². The highest BCUT2D eigenvalue weighted by Crippen LogP contribution is 2.14. The molecule has 0 aliphatic rings. The molecule has 0 fully saturated rings. The zero-order chi connectivity index (χ0) is 46.6. The molecule has 0 aromatic heterocycles. The first kappa shape index (κ1) is 53.6. The number of rotatable bonds is 33. The van der Waals surface area contributed by atoms with Gasteiger partial charge in [-0.3, -0.25) is 28.8 Å². The van der Waals surface area contributed by atoms with E-state index in [0.29, 0.717) is 37.8 Å². The van der Waals surface area contributed by atoms with Crippen molar-refractivity contribution < 1.29 is 48.9 Å². The largest absolute Gasteiger partial charge is 0.508 e. The number of hydrogen-bond acceptors (Lipinski definition) is 9. The molecule has 0 aliphatic heterocycles. The second-order valence-electron chi connectivity index (χ2n) is 16.8. The average molecular weight is 881 g/mol. The number of unbranched alkanes of at least 4 members (excludes halogenated alkanes) is 11. The van der Waals surface area contributed by atoms with Crippen molar-refractivity contribution in [2.45, 2.75) is 167 Å². The molecule has 0 saturated heterocycles. The summed E-state index contributed by atoms with van der Waals surface area (Å²) >= 11 is 0. The summed E-state index contributed by atoms with van der Waals surface area (Å²) in [5.74, 6) is -4.28. The van der Waals surface area contributed by atoms with Crippen LogP contribution in [0.5, 0.6) is 5.75 Å². The molecule has 350 valence electrons. The number of benzene rings is 2. The lowest BCUT2D eigenvalue weighted by Crippen LogP contribution is -2.57. The molecule has 10 N–H and O–H groups in total. The van der Waals surface area contributed by atoms with Crippen LogP contribution < -0.4 is 32.3 Å². The van der Waals surface area contributed by atoms with Crippen LogP contribution in [-0.2, 0) is 46.4 Å². The Bertz CT molecular complexity index is 1710. The number of carbonyl (C=O) groups is 7. The van der Waals surface area contributed by atoms with Crippen molar-refractivity contribution >= 4 is 41.4 Å². The second-order valence-corrected chi connectivity index (χ2v) is 16.8. The monoisotopic (exact) mass is 881 g/mol. The molecule has 0 saturated carbocycles. The Kier molecular flexibility index (Phi) is 26.0. The minimum absolute atomic E-state index is 0.0390. The van der Waals surface area contributed by atoms with E-state index in [0.717, 1.165) is 69.8 Å². The van der Waals surface area contributed by atoms with E-state index in [-0.39, 0.29) is 42.7 Å². The molecule has 0 spiro atoms. The third-order valence-electron chi connectivity index (χ3n) is 10.6. The van der Waals surface area contributed by atoms with Gasteiger partial charge in [0, 0.05) is 25.8 Å². The van der Waals surface area contributed by atoms with Gasteiger partial charge in [0.05, 0.1) is 12.5 Å². The van der Waals surface area contributed by atoms with Crippen LogP contribution in [-0.4, -0.2) is 93.5 Å². The summed E-state index contributed by atoms with van der Waals surface area (Å²) in [5.41, 5.74) is 6.95. The molecule has 0 unspecified atom stereocenters. The summed E-state index contributed by atoms with van der Waals surface area (Å²) in [6, 6.07) is 10.9. The lowest BCUT2D eigenvalue weighted by atomic mass is 10.0. The number of amides is 6. The van der Waals surface area contributed by atoms with Crippen LogP contribution in [0.25, 0.3) is 0 Å². The van der Waals surface area contributed by atoms with Crippen LogP contribution in [0.4, 0.5) is 0 Å². The predicted molar refractivity (Wildman–Crippen MR) is 240 cm³/mol. The fourth-order valence-electron chi connectivity index (χ4n) is 7.07. The van der Waals surface area contributed by atoms with Crippen LogP contribution in [0, 0.1) is 5.92 Å². The topological polar surface area (TPSA) is 266 Å². The van der Waals surface area contributed by atoms with Gasteiger partial charge in [-0.05, 0) is 61.8 Å². The smallest absolute Gasteiger partial charge is 0.326 e. The second kappa shape index (κ2) is 30.5. The number of carboxylic acids is 1. The summed E-state index contributed by atoms with van der Waals surface area (Å²) in [6.07, 6.45) is 11.0. The van der Waals surface area contributed by atoms with Crippen molar-refractivity contribution in [3.05, 3.63) is 65.7 Å². The number of primary amides is 1. The van der Waals surface area contributed by atoms with Crippen LogP contribution >= 0.6 is 0 Å². The normalized spacial score (nSPS) is 13.5. The number of phenolic OH excluding ortho intramolecular Hbond substituents is 1. The number of carbonyl (C=O) groups excluding carboxylic acids is 6. The third-order valence-corrected chi connectivity index (χ3v) is 10.6. The maximum Gasteiger partial charge on any atom is 0.326 e. The lowest BCUT2D eigenvalue weighted by molar-refractivity contribution is -0.142. The zero-order valence-electron chi connectivity index (χ0n) is 37.4. The number of hydrogen-bond donors (Lipinski definition) is 9. The number of aliphatic hydroxyl groups is 1. The molecule has 0 bridgehead atoms. The fraction of sp³-hybridized carbons (Fsp3) is 0.596. The Morgan fingerprint density at radius 1 is 0.587 bits per heavy atom. The molecule has 63 heavy (non-hydrogen) atoms. The van der Waals surface area contributed by atoms with Crippen LogP contribution in [0.2, 0.25) is 0 Å². The van der Waals surface area contributed by atoms with Gasteiger partial charge in [-0.15, -0.1) is 0 Å². The number of phenols is 1. The van der Waals surface area contributed by atoms with Gasteiger partial charge in [-0.25, -0.2) is 4.79 Å². The highest BCUT2D eigenvalue weighted by molar-refractivity contribution is 5.94. The number of aromatic hydroxyl groups is 1. The van der Waals surface area contributed by atoms with E-state index in [1.54, 1.807) is 54.6 Å². The third kappa shape index (κ3) is 24.1. The molecule has 2 aromatic carbocycles. The standard InChI is InChI=1S/C47H72N6O10/c1-32(2)29-37(44(59)49-28-27-34-23-25-36(55)26-24-34)51-46(61)43(33(3)54)53-42(58)22-18-13-11-9-7-5-4-6-8-10-12-17-21-41(57)50-38(31-40(48)56)45(60)52-39(47(62)63)30-35-19-15-14-16-20-35/h14-16,19-20,23-26,32-33,37-39,43,54-55H,4-13,17-18,21-22,27-31H2,1-3H3,(H2,48,56)(H,49,59)(H,50,57)(H,51,61)(H,52,60)(H,53,58)(H,62,63)/t33-,37-,38-,39-,43-/m0/s1. The van der Waals surface area contributed by atoms with Crippen molar-refractivity contribution in [1.29, 1.82) is 0 Å². The molecule has 5 atom stereocenters. The van der Waals surface area contributed by atoms with Crippen molar-refractivity contribution in [3.8, 4) is 5.75 Å². The van der Waals surface area contributed by atoms with Crippen molar-refractivity contribution in [2.75, 3.05) is 6.54 Å². The molecule has 0 aliphatic carbocycles. The van der Waals surface area contributed by atoms with Crippen LogP contribution in [0.15, 0.2) is 54.6 Å². The predicted octanol–water partition coefficient (Wildman–Crippen LogP) is 4.08. The minimum Gasteiger partial charge on any atom is -0.508 e. The first-order valence-electron chi connectivity index (χ1n) is 22.5. The fourth-order valence-corrected chi connectivity index (χ4v) is 7.07. The number of aliphatic carboxylic acids is 1. The molecule has 0 heterocycles. The minimum atomic E-state index is -1.27. The average Bonchev–Trinajstić information content (AvgIpc) is 3.22. The molecular formula is C47H72N6O10. The Morgan fingerprint density at radius 3 is 1.59 bits per heavy atom. The molecule has 16 nitrogen and oxygen atoms in total.